The smallest absolute Gasteiger partial charge is 0.183 e. The quantitative estimate of drug-likeness (QED) is 0.365. The van der Waals surface area contributed by atoms with Gasteiger partial charge in [0.1, 0.15) is 5.84 Å². The van der Waals surface area contributed by atoms with Crippen molar-refractivity contribution in [1.29, 1.82) is 5.26 Å². The number of hydrogen-bond acceptors (Lipinski definition) is 5. The molecule has 1 aliphatic rings. The molecule has 0 aliphatic carbocycles. The summed E-state index contributed by atoms with van der Waals surface area (Å²) in [5, 5.41) is 15.0. The van der Waals surface area contributed by atoms with Crippen LogP contribution in [0.25, 0.3) is 0 Å². The summed E-state index contributed by atoms with van der Waals surface area (Å²) < 4.78 is 0. The Kier molecular flexibility index (Phi) is 4.20. The summed E-state index contributed by atoms with van der Waals surface area (Å²) in [6.07, 6.45) is 3.75. The predicted octanol–water partition coefficient (Wildman–Crippen LogP) is 1.46. The Labute approximate surface area is 110 Å². The van der Waals surface area contributed by atoms with E-state index in [2.05, 4.69) is 20.6 Å². The highest BCUT2D eigenvalue weighted by Crippen LogP contribution is 2.21. The Morgan fingerprint density at radius 3 is 3.06 bits per heavy atom. The first-order chi connectivity index (χ1) is 8.85. The monoisotopic (exact) mass is 259 g/mol. The van der Waals surface area contributed by atoms with Crippen molar-refractivity contribution < 1.29 is 0 Å². The van der Waals surface area contributed by atoms with Crippen molar-refractivity contribution in [1.82, 2.24) is 10.6 Å². The molecule has 0 bridgehead atoms. The van der Waals surface area contributed by atoms with Crippen LogP contribution in [-0.2, 0) is 0 Å². The fourth-order valence-corrected chi connectivity index (χ4v) is 1.97. The molecule has 0 spiro atoms. The first-order valence-corrected chi connectivity index (χ1v) is 6.73. The fourth-order valence-electron chi connectivity index (χ4n) is 1.63. The second kappa shape index (κ2) is 6.07. The Bertz CT molecular complexity index is 530. The minimum atomic E-state index is 0.573. The number of rotatable bonds is 2. The van der Waals surface area contributed by atoms with Crippen LogP contribution in [0.4, 0.5) is 5.69 Å². The van der Waals surface area contributed by atoms with Crippen molar-refractivity contribution in [2.24, 2.45) is 9.98 Å². The van der Waals surface area contributed by atoms with Crippen molar-refractivity contribution in [3.63, 3.8) is 0 Å². The Morgan fingerprint density at radius 1 is 1.56 bits per heavy atom. The minimum Gasteiger partial charge on any atom is -0.368 e. The van der Waals surface area contributed by atoms with Gasteiger partial charge >= 0.3 is 0 Å². The summed E-state index contributed by atoms with van der Waals surface area (Å²) in [6.45, 7) is 1.65. The summed E-state index contributed by atoms with van der Waals surface area (Å²) in [6, 6.07) is 7.75. The predicted molar refractivity (Wildman–Crippen MR) is 75.2 cm³/mol. The Morgan fingerprint density at radius 2 is 2.39 bits per heavy atom. The van der Waals surface area contributed by atoms with E-state index >= 15 is 0 Å². The first-order valence-electron chi connectivity index (χ1n) is 5.50. The van der Waals surface area contributed by atoms with E-state index in [1.807, 2.05) is 36.7 Å². The van der Waals surface area contributed by atoms with E-state index < -0.39 is 0 Å². The topological polar surface area (TPSA) is 72.6 Å². The lowest BCUT2D eigenvalue weighted by Gasteiger charge is -2.07. The summed E-state index contributed by atoms with van der Waals surface area (Å²) in [7, 11) is 0. The second-order valence-corrected chi connectivity index (χ2v) is 4.33. The van der Waals surface area contributed by atoms with Gasteiger partial charge in [-0.2, -0.15) is 5.26 Å². The fraction of sp³-hybridized carbons (Fsp3) is 0.250. The molecule has 1 heterocycles. The summed E-state index contributed by atoms with van der Waals surface area (Å²) in [5.74, 6) is 0.867. The highest BCUT2D eigenvalue weighted by atomic mass is 32.2. The zero-order valence-electron chi connectivity index (χ0n) is 9.97. The molecule has 0 aromatic heterocycles. The molecule has 0 atom stereocenters. The average Bonchev–Trinajstić information content (AvgIpc) is 2.92. The van der Waals surface area contributed by atoms with Crippen LogP contribution in [0.5, 0.6) is 0 Å². The number of thioether (sulfide) groups is 1. The molecular formula is C12H13N5S. The van der Waals surface area contributed by atoms with Crippen molar-refractivity contribution in [3.8, 4) is 6.19 Å². The molecule has 0 fully saturated rings. The molecule has 92 valence electrons. The van der Waals surface area contributed by atoms with E-state index in [1.165, 1.54) is 11.8 Å². The summed E-state index contributed by atoms with van der Waals surface area (Å²) in [5.41, 5.74) is 1.76. The zero-order chi connectivity index (χ0) is 12.8. The minimum absolute atomic E-state index is 0.573. The number of benzene rings is 1. The average molecular weight is 259 g/mol. The van der Waals surface area contributed by atoms with Gasteiger partial charge in [0.05, 0.1) is 12.2 Å². The number of amidine groups is 2. The number of nitriles is 1. The van der Waals surface area contributed by atoms with Crippen LogP contribution in [-0.4, -0.2) is 30.3 Å². The second-order valence-electron chi connectivity index (χ2n) is 3.53. The van der Waals surface area contributed by atoms with Gasteiger partial charge in [0.2, 0.25) is 0 Å². The van der Waals surface area contributed by atoms with Gasteiger partial charge in [-0.3, -0.25) is 10.3 Å². The highest BCUT2D eigenvalue weighted by molar-refractivity contribution is 8.13. The Balaban J connectivity index is 2.36. The SMILES string of the molecule is CSC(=Nc1ccccc1C1=NCCN1)NC#N. The van der Waals surface area contributed by atoms with Crippen LogP contribution in [0.2, 0.25) is 0 Å². The molecule has 1 aromatic rings. The van der Waals surface area contributed by atoms with Crippen LogP contribution >= 0.6 is 11.8 Å². The van der Waals surface area contributed by atoms with E-state index in [4.69, 9.17) is 5.26 Å². The molecule has 1 aliphatic heterocycles. The lowest BCUT2D eigenvalue weighted by atomic mass is 10.1. The molecule has 2 N–H and O–H groups in total. The van der Waals surface area contributed by atoms with Gasteiger partial charge in [-0.1, -0.05) is 23.9 Å². The molecule has 5 nitrogen and oxygen atoms in total. The van der Waals surface area contributed by atoms with Crippen LogP contribution < -0.4 is 10.6 Å². The molecule has 18 heavy (non-hydrogen) atoms. The van der Waals surface area contributed by atoms with Crippen LogP contribution in [0, 0.1) is 11.5 Å². The van der Waals surface area contributed by atoms with Gasteiger partial charge in [0.25, 0.3) is 0 Å². The van der Waals surface area contributed by atoms with Crippen molar-refractivity contribution >= 4 is 28.5 Å². The van der Waals surface area contributed by atoms with Gasteiger partial charge in [0, 0.05) is 12.1 Å². The molecule has 6 heteroatoms. The van der Waals surface area contributed by atoms with Gasteiger partial charge in [-0.05, 0) is 18.4 Å². The van der Waals surface area contributed by atoms with Crippen LogP contribution in [0.3, 0.4) is 0 Å². The van der Waals surface area contributed by atoms with E-state index in [0.717, 1.165) is 30.2 Å². The third-order valence-corrected chi connectivity index (χ3v) is 2.99. The van der Waals surface area contributed by atoms with Crippen molar-refractivity contribution in [3.05, 3.63) is 29.8 Å². The molecule has 0 radical (unpaired) electrons. The number of para-hydroxylation sites is 1. The number of aliphatic imine (C=N–C) groups is 2. The summed E-state index contributed by atoms with van der Waals surface area (Å²) >= 11 is 1.40. The standard InChI is InChI=1S/C12H13N5S/c1-18-12(16-8-13)17-10-5-3-2-4-9(10)11-14-6-7-15-11/h2-5H,6-7H2,1H3,(H,14,15)(H,16,17). The molecular weight excluding hydrogens is 246 g/mol. The molecule has 1 aromatic carbocycles. The van der Waals surface area contributed by atoms with Crippen LogP contribution in [0.1, 0.15) is 5.56 Å². The summed E-state index contributed by atoms with van der Waals surface area (Å²) in [4.78, 5) is 8.83. The maximum absolute atomic E-state index is 8.64. The largest absolute Gasteiger partial charge is 0.368 e. The van der Waals surface area contributed by atoms with E-state index in [-0.39, 0.29) is 0 Å². The van der Waals surface area contributed by atoms with E-state index in [0.29, 0.717) is 5.17 Å². The molecule has 0 saturated carbocycles. The maximum Gasteiger partial charge on any atom is 0.183 e. The van der Waals surface area contributed by atoms with E-state index in [9.17, 15) is 0 Å². The van der Waals surface area contributed by atoms with Gasteiger partial charge in [-0.25, -0.2) is 4.99 Å². The van der Waals surface area contributed by atoms with Crippen molar-refractivity contribution in [2.75, 3.05) is 19.3 Å². The molecule has 0 unspecified atom stereocenters. The van der Waals surface area contributed by atoms with Gasteiger partial charge in [-0.15, -0.1) is 0 Å². The number of hydrogen-bond donors (Lipinski definition) is 2. The maximum atomic E-state index is 8.64. The number of nitrogens with one attached hydrogen (secondary N) is 2. The van der Waals surface area contributed by atoms with Gasteiger partial charge < -0.3 is 5.32 Å². The zero-order valence-corrected chi connectivity index (χ0v) is 10.8. The third-order valence-electron chi connectivity index (χ3n) is 2.41. The Hall–Kier alpha value is -2.00. The molecule has 0 saturated heterocycles. The van der Waals surface area contributed by atoms with Crippen molar-refractivity contribution in [2.45, 2.75) is 0 Å². The highest BCUT2D eigenvalue weighted by Gasteiger charge is 2.12. The normalized spacial score (nSPS) is 14.7. The first kappa shape index (κ1) is 12.5. The molecule has 2 rings (SSSR count). The van der Waals surface area contributed by atoms with E-state index in [1.54, 1.807) is 0 Å². The van der Waals surface area contributed by atoms with Gasteiger partial charge in [0.15, 0.2) is 11.4 Å². The lowest BCUT2D eigenvalue weighted by Crippen LogP contribution is -2.20. The number of nitrogens with zero attached hydrogens (tertiary/aromatic N) is 3. The third kappa shape index (κ3) is 2.81. The molecule has 0 amide bonds. The van der Waals surface area contributed by atoms with Crippen LogP contribution in [0.15, 0.2) is 34.3 Å². The lowest BCUT2D eigenvalue weighted by molar-refractivity contribution is 0.960.